The number of hydrogen-bond acceptors (Lipinski definition) is 2. The second-order valence-corrected chi connectivity index (χ2v) is 5.60. The summed E-state index contributed by atoms with van der Waals surface area (Å²) in [5.74, 6) is 0.556. The van der Waals surface area contributed by atoms with Crippen LogP contribution in [0.3, 0.4) is 0 Å². The molecule has 19 heavy (non-hydrogen) atoms. The second kappa shape index (κ2) is 5.55. The molecule has 1 amide bonds. The second-order valence-electron chi connectivity index (χ2n) is 5.60. The maximum absolute atomic E-state index is 12.5. The SMILES string of the molecule is Cc1ccc(C(C)C)cc1C(=O)N1CCCC(=O)C1. The van der Waals surface area contributed by atoms with E-state index in [2.05, 4.69) is 19.9 Å². The van der Waals surface area contributed by atoms with E-state index in [0.717, 1.165) is 23.1 Å². The van der Waals surface area contributed by atoms with Crippen LogP contribution in [0.25, 0.3) is 0 Å². The van der Waals surface area contributed by atoms with Crippen LogP contribution in [0.15, 0.2) is 18.2 Å². The van der Waals surface area contributed by atoms with Crippen LogP contribution in [0.2, 0.25) is 0 Å². The lowest BCUT2D eigenvalue weighted by Gasteiger charge is -2.26. The lowest BCUT2D eigenvalue weighted by atomic mass is 9.96. The molecule has 3 nitrogen and oxygen atoms in total. The molecule has 3 heteroatoms. The third-order valence-corrected chi connectivity index (χ3v) is 3.70. The normalized spacial score (nSPS) is 16.0. The van der Waals surface area contributed by atoms with E-state index in [1.54, 1.807) is 4.90 Å². The predicted octanol–water partition coefficient (Wildman–Crippen LogP) is 2.92. The van der Waals surface area contributed by atoms with Crippen molar-refractivity contribution in [3.63, 3.8) is 0 Å². The molecule has 1 aromatic carbocycles. The maximum Gasteiger partial charge on any atom is 0.254 e. The van der Waals surface area contributed by atoms with E-state index in [1.807, 2.05) is 19.1 Å². The molecule has 2 rings (SSSR count). The summed E-state index contributed by atoms with van der Waals surface area (Å²) >= 11 is 0. The van der Waals surface area contributed by atoms with Gasteiger partial charge in [0.15, 0.2) is 5.78 Å². The van der Waals surface area contributed by atoms with Crippen LogP contribution in [0, 0.1) is 6.92 Å². The average molecular weight is 259 g/mol. The molecule has 1 fully saturated rings. The number of piperidine rings is 1. The van der Waals surface area contributed by atoms with Gasteiger partial charge in [-0.05, 0) is 36.5 Å². The van der Waals surface area contributed by atoms with E-state index < -0.39 is 0 Å². The fourth-order valence-corrected chi connectivity index (χ4v) is 2.41. The van der Waals surface area contributed by atoms with Crippen LogP contribution in [0.5, 0.6) is 0 Å². The Morgan fingerprint density at radius 1 is 1.32 bits per heavy atom. The molecule has 0 bridgehead atoms. The Labute approximate surface area is 114 Å². The molecule has 1 saturated heterocycles. The number of hydrogen-bond donors (Lipinski definition) is 0. The monoisotopic (exact) mass is 259 g/mol. The van der Waals surface area contributed by atoms with Gasteiger partial charge in [0, 0.05) is 18.5 Å². The molecule has 1 aromatic rings. The first-order chi connectivity index (χ1) is 8.99. The van der Waals surface area contributed by atoms with Gasteiger partial charge in [-0.25, -0.2) is 0 Å². The highest BCUT2D eigenvalue weighted by Crippen LogP contribution is 2.21. The Hall–Kier alpha value is -1.64. The molecule has 0 spiro atoms. The first kappa shape index (κ1) is 13.8. The van der Waals surface area contributed by atoms with Crippen LogP contribution in [0.4, 0.5) is 0 Å². The van der Waals surface area contributed by atoms with E-state index in [-0.39, 0.29) is 18.2 Å². The summed E-state index contributed by atoms with van der Waals surface area (Å²) in [6.45, 7) is 7.13. The van der Waals surface area contributed by atoms with Gasteiger partial charge in [0.1, 0.15) is 0 Å². The average Bonchev–Trinajstić information content (AvgIpc) is 2.38. The fraction of sp³-hybridized carbons (Fsp3) is 0.500. The quantitative estimate of drug-likeness (QED) is 0.819. The van der Waals surface area contributed by atoms with Crippen molar-refractivity contribution in [2.45, 2.75) is 39.5 Å². The maximum atomic E-state index is 12.5. The summed E-state index contributed by atoms with van der Waals surface area (Å²) in [6.07, 6.45) is 1.39. The minimum atomic E-state index is -0.00644. The highest BCUT2D eigenvalue weighted by Gasteiger charge is 2.23. The van der Waals surface area contributed by atoms with Gasteiger partial charge in [-0.15, -0.1) is 0 Å². The zero-order valence-electron chi connectivity index (χ0n) is 11.9. The first-order valence-corrected chi connectivity index (χ1v) is 6.90. The first-order valence-electron chi connectivity index (χ1n) is 6.90. The number of benzene rings is 1. The molecular formula is C16H21NO2. The Balaban J connectivity index is 2.27. The smallest absolute Gasteiger partial charge is 0.254 e. The van der Waals surface area contributed by atoms with Crippen molar-refractivity contribution >= 4 is 11.7 Å². The number of carbonyl (C=O) groups excluding carboxylic acids is 2. The molecule has 0 aliphatic carbocycles. The largest absolute Gasteiger partial charge is 0.331 e. The summed E-state index contributed by atoms with van der Waals surface area (Å²) in [4.78, 5) is 25.7. The third-order valence-electron chi connectivity index (χ3n) is 3.70. The number of Topliss-reactive ketones (excluding diaryl/α,β-unsaturated/α-hetero) is 1. The van der Waals surface area contributed by atoms with Crippen molar-refractivity contribution in [2.24, 2.45) is 0 Å². The molecule has 1 aliphatic heterocycles. The van der Waals surface area contributed by atoms with Gasteiger partial charge in [0.2, 0.25) is 0 Å². The van der Waals surface area contributed by atoms with Crippen molar-refractivity contribution in [3.05, 3.63) is 34.9 Å². The van der Waals surface area contributed by atoms with E-state index in [4.69, 9.17) is 0 Å². The van der Waals surface area contributed by atoms with Crippen molar-refractivity contribution < 1.29 is 9.59 Å². The van der Waals surface area contributed by atoms with E-state index in [9.17, 15) is 9.59 Å². The summed E-state index contributed by atoms with van der Waals surface area (Å²) in [5, 5.41) is 0. The van der Waals surface area contributed by atoms with Gasteiger partial charge in [0.05, 0.1) is 6.54 Å². The molecule has 1 aliphatic rings. The highest BCUT2D eigenvalue weighted by atomic mass is 16.2. The number of ketones is 1. The Bertz CT molecular complexity index is 505. The summed E-state index contributed by atoms with van der Waals surface area (Å²) in [6, 6.07) is 6.04. The summed E-state index contributed by atoms with van der Waals surface area (Å²) < 4.78 is 0. The van der Waals surface area contributed by atoms with Gasteiger partial charge in [0.25, 0.3) is 5.91 Å². The lowest BCUT2D eigenvalue weighted by Crippen LogP contribution is -2.40. The van der Waals surface area contributed by atoms with Crippen molar-refractivity contribution in [1.82, 2.24) is 4.90 Å². The predicted molar refractivity (Wildman–Crippen MR) is 75.4 cm³/mol. The van der Waals surface area contributed by atoms with Crippen LogP contribution >= 0.6 is 0 Å². The van der Waals surface area contributed by atoms with Crippen molar-refractivity contribution in [3.8, 4) is 0 Å². The van der Waals surface area contributed by atoms with Gasteiger partial charge >= 0.3 is 0 Å². The van der Waals surface area contributed by atoms with E-state index in [1.165, 1.54) is 0 Å². The van der Waals surface area contributed by atoms with Crippen LogP contribution in [0.1, 0.15) is 54.1 Å². The summed E-state index contributed by atoms with van der Waals surface area (Å²) in [5.41, 5.74) is 2.88. The minimum absolute atomic E-state index is 0.00644. The topological polar surface area (TPSA) is 37.4 Å². The van der Waals surface area contributed by atoms with Gasteiger partial charge in [-0.3, -0.25) is 9.59 Å². The molecule has 0 N–H and O–H groups in total. The van der Waals surface area contributed by atoms with Crippen LogP contribution in [-0.4, -0.2) is 29.7 Å². The molecule has 1 heterocycles. The molecule has 0 saturated carbocycles. The Morgan fingerprint density at radius 2 is 2.05 bits per heavy atom. The van der Waals surface area contributed by atoms with Crippen LogP contribution < -0.4 is 0 Å². The van der Waals surface area contributed by atoms with E-state index in [0.29, 0.717) is 18.9 Å². The molecule has 102 valence electrons. The lowest BCUT2D eigenvalue weighted by molar-refractivity contribution is -0.121. The molecule has 0 aromatic heterocycles. The standard InChI is InChI=1S/C16H21NO2/c1-11(2)13-7-6-12(3)15(9-13)16(19)17-8-4-5-14(18)10-17/h6-7,9,11H,4-5,8,10H2,1-3H3. The summed E-state index contributed by atoms with van der Waals surface area (Å²) in [7, 11) is 0. The fourth-order valence-electron chi connectivity index (χ4n) is 2.41. The number of rotatable bonds is 2. The zero-order chi connectivity index (χ0) is 14.0. The third kappa shape index (κ3) is 3.03. The van der Waals surface area contributed by atoms with Gasteiger partial charge < -0.3 is 4.90 Å². The number of likely N-dealkylation sites (tertiary alicyclic amines) is 1. The van der Waals surface area contributed by atoms with Gasteiger partial charge in [-0.1, -0.05) is 26.0 Å². The Kier molecular flexibility index (Phi) is 4.03. The van der Waals surface area contributed by atoms with E-state index >= 15 is 0 Å². The van der Waals surface area contributed by atoms with Crippen LogP contribution in [-0.2, 0) is 4.79 Å². The molecule has 0 radical (unpaired) electrons. The molecule has 0 unspecified atom stereocenters. The number of carbonyl (C=O) groups is 2. The number of amides is 1. The van der Waals surface area contributed by atoms with Gasteiger partial charge in [-0.2, -0.15) is 0 Å². The number of aryl methyl sites for hydroxylation is 1. The number of nitrogens with zero attached hydrogens (tertiary/aromatic N) is 1. The minimum Gasteiger partial charge on any atom is -0.331 e. The zero-order valence-corrected chi connectivity index (χ0v) is 11.9. The highest BCUT2D eigenvalue weighted by molar-refractivity contribution is 5.98. The van der Waals surface area contributed by atoms with Crippen molar-refractivity contribution in [1.29, 1.82) is 0 Å². The van der Waals surface area contributed by atoms with Crippen molar-refractivity contribution in [2.75, 3.05) is 13.1 Å². The Morgan fingerprint density at radius 3 is 2.68 bits per heavy atom. The molecular weight excluding hydrogens is 238 g/mol. The molecule has 0 atom stereocenters.